The van der Waals surface area contributed by atoms with Gasteiger partial charge in [0.1, 0.15) is 0 Å². The summed E-state index contributed by atoms with van der Waals surface area (Å²) in [6.07, 6.45) is -4.45. The molecule has 0 atom stereocenters. The molecule has 22 heavy (non-hydrogen) atoms. The van der Waals surface area contributed by atoms with Crippen molar-refractivity contribution in [1.29, 1.82) is 0 Å². The number of benzene rings is 1. The maximum Gasteiger partial charge on any atom is 0.416 e. The third-order valence-electron chi connectivity index (χ3n) is 2.92. The number of amides is 1. The number of nitrogens with one attached hydrogen (secondary N) is 1. The fourth-order valence-corrected chi connectivity index (χ4v) is 2.07. The van der Waals surface area contributed by atoms with E-state index in [1.54, 1.807) is 4.90 Å². The lowest BCUT2D eigenvalue weighted by molar-refractivity contribution is -0.137. The molecule has 1 aromatic rings. The topological polar surface area (TPSA) is 32.3 Å². The van der Waals surface area contributed by atoms with Gasteiger partial charge in [-0.25, -0.2) is 0 Å². The maximum absolute atomic E-state index is 12.5. The Labute approximate surface area is 132 Å². The van der Waals surface area contributed by atoms with Crippen molar-refractivity contribution in [3.05, 3.63) is 40.9 Å². The van der Waals surface area contributed by atoms with Crippen LogP contribution in [0.2, 0.25) is 5.02 Å². The van der Waals surface area contributed by atoms with Crippen LogP contribution in [0.15, 0.2) is 30.4 Å². The first-order valence-electron chi connectivity index (χ1n) is 6.68. The summed E-state index contributed by atoms with van der Waals surface area (Å²) in [6.45, 7) is 8.32. The summed E-state index contributed by atoms with van der Waals surface area (Å²) in [5.74, 6) is -0.179. The fraction of sp³-hybridized carbons (Fsp3) is 0.400. The SMILES string of the molecule is C=C(C)CN(CC)C(=O)CNc1ccc(C(F)(F)F)cc1Cl. The van der Waals surface area contributed by atoms with Crippen LogP contribution in [-0.4, -0.2) is 30.4 Å². The van der Waals surface area contributed by atoms with Gasteiger partial charge in [-0.2, -0.15) is 13.2 Å². The minimum absolute atomic E-state index is 0.0494. The minimum Gasteiger partial charge on any atom is -0.375 e. The van der Waals surface area contributed by atoms with Crippen molar-refractivity contribution in [3.8, 4) is 0 Å². The molecule has 0 spiro atoms. The third-order valence-corrected chi connectivity index (χ3v) is 3.23. The predicted molar refractivity (Wildman–Crippen MR) is 82.0 cm³/mol. The van der Waals surface area contributed by atoms with E-state index in [4.69, 9.17) is 11.6 Å². The maximum atomic E-state index is 12.5. The van der Waals surface area contributed by atoms with Gasteiger partial charge in [0.05, 0.1) is 22.8 Å². The molecule has 7 heteroatoms. The largest absolute Gasteiger partial charge is 0.416 e. The Morgan fingerprint density at radius 3 is 2.50 bits per heavy atom. The second-order valence-corrected chi connectivity index (χ2v) is 5.32. The quantitative estimate of drug-likeness (QED) is 0.791. The number of anilines is 1. The molecule has 0 unspecified atom stereocenters. The fourth-order valence-electron chi connectivity index (χ4n) is 1.82. The standard InChI is InChI=1S/C15H18ClF3N2O/c1-4-21(9-10(2)3)14(22)8-20-13-6-5-11(7-12(13)16)15(17,18)19/h5-7,20H,2,4,8-9H2,1,3H3. The second-order valence-electron chi connectivity index (χ2n) is 4.91. The number of halogens is 4. The molecular formula is C15H18ClF3N2O. The van der Waals surface area contributed by atoms with Crippen LogP contribution < -0.4 is 5.32 Å². The number of nitrogens with zero attached hydrogens (tertiary/aromatic N) is 1. The zero-order valence-corrected chi connectivity index (χ0v) is 13.2. The van der Waals surface area contributed by atoms with Crippen LogP contribution in [0, 0.1) is 0 Å². The molecule has 0 bridgehead atoms. The monoisotopic (exact) mass is 334 g/mol. The molecular weight excluding hydrogens is 317 g/mol. The summed E-state index contributed by atoms with van der Waals surface area (Å²) in [5, 5.41) is 2.68. The Balaban J connectivity index is 2.72. The van der Waals surface area contributed by atoms with Gasteiger partial charge in [0.2, 0.25) is 5.91 Å². The van der Waals surface area contributed by atoms with Crippen LogP contribution >= 0.6 is 11.6 Å². The number of likely N-dealkylation sites (N-methyl/N-ethyl adjacent to an activating group) is 1. The van der Waals surface area contributed by atoms with Gasteiger partial charge < -0.3 is 10.2 Å². The highest BCUT2D eigenvalue weighted by molar-refractivity contribution is 6.33. The van der Waals surface area contributed by atoms with Crippen LogP contribution in [0.25, 0.3) is 0 Å². The van der Waals surface area contributed by atoms with Gasteiger partial charge in [-0.15, -0.1) is 0 Å². The number of carbonyl (C=O) groups is 1. The smallest absolute Gasteiger partial charge is 0.375 e. The molecule has 3 nitrogen and oxygen atoms in total. The van der Waals surface area contributed by atoms with E-state index in [9.17, 15) is 18.0 Å². The van der Waals surface area contributed by atoms with Crippen LogP contribution in [0.4, 0.5) is 18.9 Å². The number of rotatable bonds is 6. The van der Waals surface area contributed by atoms with Crippen LogP contribution in [0.3, 0.4) is 0 Å². The Kier molecular flexibility index (Phi) is 6.29. The lowest BCUT2D eigenvalue weighted by Crippen LogP contribution is -2.36. The van der Waals surface area contributed by atoms with Gasteiger partial charge in [-0.1, -0.05) is 23.8 Å². The average Bonchev–Trinajstić information content (AvgIpc) is 2.41. The molecule has 0 aliphatic carbocycles. The Bertz CT molecular complexity index is 558. The van der Waals surface area contributed by atoms with Gasteiger partial charge in [0.15, 0.2) is 0 Å². The summed E-state index contributed by atoms with van der Waals surface area (Å²) >= 11 is 5.82. The summed E-state index contributed by atoms with van der Waals surface area (Å²) in [4.78, 5) is 13.6. The predicted octanol–water partition coefficient (Wildman–Crippen LogP) is 4.20. The van der Waals surface area contributed by atoms with Gasteiger partial charge in [-0.3, -0.25) is 4.79 Å². The van der Waals surface area contributed by atoms with Crippen molar-refractivity contribution in [2.24, 2.45) is 0 Å². The highest BCUT2D eigenvalue weighted by Gasteiger charge is 2.30. The number of hydrogen-bond donors (Lipinski definition) is 1. The number of carbonyl (C=O) groups excluding carboxylic acids is 1. The van der Waals surface area contributed by atoms with E-state index in [-0.39, 0.29) is 23.2 Å². The van der Waals surface area contributed by atoms with Crippen molar-refractivity contribution < 1.29 is 18.0 Å². The Hall–Kier alpha value is -1.69. The number of hydrogen-bond acceptors (Lipinski definition) is 2. The first kappa shape index (κ1) is 18.4. The van der Waals surface area contributed by atoms with Crippen molar-refractivity contribution >= 4 is 23.2 Å². The van der Waals surface area contributed by atoms with Gasteiger partial charge in [-0.05, 0) is 32.0 Å². The second kappa shape index (κ2) is 7.54. The molecule has 1 rings (SSSR count). The van der Waals surface area contributed by atoms with E-state index in [2.05, 4.69) is 11.9 Å². The van der Waals surface area contributed by atoms with E-state index in [0.717, 1.165) is 17.7 Å². The van der Waals surface area contributed by atoms with Crippen LogP contribution in [0.5, 0.6) is 0 Å². The van der Waals surface area contributed by atoms with Gasteiger partial charge in [0.25, 0.3) is 0 Å². The van der Waals surface area contributed by atoms with Crippen molar-refractivity contribution in [3.63, 3.8) is 0 Å². The lowest BCUT2D eigenvalue weighted by Gasteiger charge is -2.21. The number of alkyl halides is 3. The molecule has 1 aromatic carbocycles. The summed E-state index contributed by atoms with van der Waals surface area (Å²) < 4.78 is 37.6. The molecule has 0 radical (unpaired) electrons. The van der Waals surface area contributed by atoms with Crippen molar-refractivity contribution in [1.82, 2.24) is 4.90 Å². The molecule has 0 aliphatic heterocycles. The van der Waals surface area contributed by atoms with Crippen molar-refractivity contribution in [2.75, 3.05) is 25.0 Å². The zero-order chi connectivity index (χ0) is 16.9. The first-order chi connectivity index (χ1) is 10.1. The summed E-state index contributed by atoms with van der Waals surface area (Å²) in [7, 11) is 0. The zero-order valence-electron chi connectivity index (χ0n) is 12.4. The molecule has 0 aliphatic rings. The molecule has 0 saturated carbocycles. The normalized spacial score (nSPS) is 11.2. The van der Waals surface area contributed by atoms with E-state index in [1.165, 1.54) is 6.07 Å². The van der Waals surface area contributed by atoms with E-state index in [1.807, 2.05) is 13.8 Å². The highest BCUT2D eigenvalue weighted by atomic mass is 35.5. The molecule has 122 valence electrons. The first-order valence-corrected chi connectivity index (χ1v) is 7.05. The minimum atomic E-state index is -4.45. The molecule has 0 saturated heterocycles. The molecule has 0 aromatic heterocycles. The highest BCUT2D eigenvalue weighted by Crippen LogP contribution is 2.33. The van der Waals surface area contributed by atoms with Gasteiger partial charge >= 0.3 is 6.18 Å². The summed E-state index contributed by atoms with van der Waals surface area (Å²) in [5.41, 5.74) is 0.309. The van der Waals surface area contributed by atoms with E-state index < -0.39 is 11.7 Å². The lowest BCUT2D eigenvalue weighted by atomic mass is 10.2. The third kappa shape index (κ3) is 5.26. The Morgan fingerprint density at radius 1 is 1.41 bits per heavy atom. The molecule has 0 heterocycles. The van der Waals surface area contributed by atoms with E-state index in [0.29, 0.717) is 13.1 Å². The Morgan fingerprint density at radius 2 is 2.05 bits per heavy atom. The van der Waals surface area contributed by atoms with Gasteiger partial charge in [0, 0.05) is 13.1 Å². The summed E-state index contributed by atoms with van der Waals surface area (Å²) in [6, 6.07) is 2.97. The van der Waals surface area contributed by atoms with Crippen molar-refractivity contribution in [2.45, 2.75) is 20.0 Å². The van der Waals surface area contributed by atoms with Crippen LogP contribution in [0.1, 0.15) is 19.4 Å². The molecule has 0 fully saturated rings. The molecule has 1 N–H and O–H groups in total. The van der Waals surface area contributed by atoms with Crippen LogP contribution in [-0.2, 0) is 11.0 Å². The average molecular weight is 335 g/mol. The molecule has 1 amide bonds. The van der Waals surface area contributed by atoms with E-state index >= 15 is 0 Å².